The first kappa shape index (κ1) is 14.8. The van der Waals surface area contributed by atoms with Crippen molar-refractivity contribution in [2.45, 2.75) is 26.7 Å². The monoisotopic (exact) mass is 277 g/mol. The molecule has 0 amide bonds. The Hall–Kier alpha value is -1.62. The maximum Gasteiger partial charge on any atom is 0.272 e. The van der Waals surface area contributed by atoms with E-state index in [1.165, 1.54) is 6.42 Å². The van der Waals surface area contributed by atoms with E-state index in [4.69, 9.17) is 0 Å². The number of nitrogens with zero attached hydrogens (tertiary/aromatic N) is 3. The normalized spacial score (nSPS) is 17.0. The molecule has 5 nitrogen and oxygen atoms in total. The maximum absolute atomic E-state index is 10.9. The van der Waals surface area contributed by atoms with Gasteiger partial charge in [-0.3, -0.25) is 10.1 Å². The third-order valence-electron chi connectivity index (χ3n) is 3.87. The van der Waals surface area contributed by atoms with Gasteiger partial charge in [-0.2, -0.15) is 0 Å². The summed E-state index contributed by atoms with van der Waals surface area (Å²) >= 11 is 0. The van der Waals surface area contributed by atoms with Gasteiger partial charge in [-0.1, -0.05) is 6.92 Å². The van der Waals surface area contributed by atoms with Gasteiger partial charge >= 0.3 is 0 Å². The molecule has 0 bridgehead atoms. The Morgan fingerprint density at radius 3 is 2.70 bits per heavy atom. The van der Waals surface area contributed by atoms with Crippen LogP contribution in [0.5, 0.6) is 0 Å². The van der Waals surface area contributed by atoms with Gasteiger partial charge in [-0.05, 0) is 45.0 Å². The molecule has 0 aromatic heterocycles. The number of hydrogen-bond acceptors (Lipinski definition) is 4. The van der Waals surface area contributed by atoms with E-state index in [1.54, 1.807) is 6.07 Å². The first-order valence-corrected chi connectivity index (χ1v) is 7.34. The molecule has 1 fully saturated rings. The molecule has 110 valence electrons. The molecule has 0 radical (unpaired) electrons. The Labute approximate surface area is 120 Å². The van der Waals surface area contributed by atoms with Crippen molar-refractivity contribution in [1.29, 1.82) is 0 Å². The summed E-state index contributed by atoms with van der Waals surface area (Å²) in [7, 11) is 0. The number of nitro benzene ring substituents is 1. The van der Waals surface area contributed by atoms with Crippen LogP contribution >= 0.6 is 0 Å². The van der Waals surface area contributed by atoms with Crippen LogP contribution in [0.15, 0.2) is 18.2 Å². The second-order valence-electron chi connectivity index (χ2n) is 5.41. The first-order chi connectivity index (χ1) is 9.61. The van der Waals surface area contributed by atoms with E-state index in [-0.39, 0.29) is 10.6 Å². The number of rotatable bonds is 4. The highest BCUT2D eigenvalue weighted by Gasteiger charge is 2.17. The van der Waals surface area contributed by atoms with Crippen molar-refractivity contribution in [3.8, 4) is 0 Å². The van der Waals surface area contributed by atoms with Crippen molar-refractivity contribution in [2.75, 3.05) is 37.6 Å². The summed E-state index contributed by atoms with van der Waals surface area (Å²) in [5.74, 6) is 0. The molecule has 0 atom stereocenters. The lowest BCUT2D eigenvalue weighted by Crippen LogP contribution is -2.31. The summed E-state index contributed by atoms with van der Waals surface area (Å²) < 4.78 is 0. The summed E-state index contributed by atoms with van der Waals surface area (Å²) in [6.07, 6.45) is 2.34. The summed E-state index contributed by atoms with van der Waals surface area (Å²) in [5.41, 5.74) is 2.05. The number of anilines is 1. The summed E-state index contributed by atoms with van der Waals surface area (Å²) in [6.45, 7) is 9.42. The zero-order valence-corrected chi connectivity index (χ0v) is 12.3. The minimum absolute atomic E-state index is 0.205. The summed E-state index contributed by atoms with van der Waals surface area (Å²) in [4.78, 5) is 15.4. The highest BCUT2D eigenvalue weighted by atomic mass is 16.6. The molecule has 1 heterocycles. The van der Waals surface area contributed by atoms with Crippen LogP contribution in [0.3, 0.4) is 0 Å². The number of nitro groups is 1. The van der Waals surface area contributed by atoms with Crippen molar-refractivity contribution < 1.29 is 4.92 Å². The molecule has 0 spiro atoms. The van der Waals surface area contributed by atoms with Crippen LogP contribution < -0.4 is 4.90 Å². The van der Waals surface area contributed by atoms with Gasteiger partial charge in [0.25, 0.3) is 5.69 Å². The highest BCUT2D eigenvalue weighted by Crippen LogP contribution is 2.25. The zero-order chi connectivity index (χ0) is 14.5. The van der Waals surface area contributed by atoms with Crippen LogP contribution in [-0.4, -0.2) is 42.5 Å². The van der Waals surface area contributed by atoms with E-state index in [0.717, 1.165) is 50.4 Å². The fourth-order valence-corrected chi connectivity index (χ4v) is 2.81. The summed E-state index contributed by atoms with van der Waals surface area (Å²) in [6, 6.07) is 5.44. The van der Waals surface area contributed by atoms with Crippen molar-refractivity contribution in [1.82, 2.24) is 4.90 Å². The van der Waals surface area contributed by atoms with Crippen molar-refractivity contribution >= 4 is 11.4 Å². The molecule has 1 aromatic carbocycles. The number of aryl methyl sites for hydroxylation is 1. The third kappa shape index (κ3) is 3.48. The third-order valence-corrected chi connectivity index (χ3v) is 3.87. The zero-order valence-electron chi connectivity index (χ0n) is 12.3. The maximum atomic E-state index is 10.9. The quantitative estimate of drug-likeness (QED) is 0.627. The van der Waals surface area contributed by atoms with E-state index < -0.39 is 0 Å². The minimum Gasteiger partial charge on any atom is -0.370 e. The fourth-order valence-electron chi connectivity index (χ4n) is 2.81. The van der Waals surface area contributed by atoms with Crippen molar-refractivity contribution in [3.05, 3.63) is 33.9 Å². The fraction of sp³-hybridized carbons (Fsp3) is 0.600. The Morgan fingerprint density at radius 2 is 2.05 bits per heavy atom. The number of benzene rings is 1. The van der Waals surface area contributed by atoms with Crippen LogP contribution in [0.1, 0.15) is 25.3 Å². The molecule has 1 aliphatic rings. The van der Waals surface area contributed by atoms with E-state index in [0.29, 0.717) is 0 Å². The molecule has 5 heteroatoms. The van der Waals surface area contributed by atoms with E-state index in [1.807, 2.05) is 19.1 Å². The SMILES string of the molecule is CCCN1CCCN(c2ccc([N+](=O)[O-])c(C)c2)CC1. The molecule has 1 aromatic rings. The lowest BCUT2D eigenvalue weighted by Gasteiger charge is -2.23. The minimum atomic E-state index is -0.315. The molecule has 1 saturated heterocycles. The molecule has 0 saturated carbocycles. The molecular formula is C15H23N3O2. The Bertz CT molecular complexity index is 476. The van der Waals surface area contributed by atoms with Gasteiger partial charge in [0.15, 0.2) is 0 Å². The van der Waals surface area contributed by atoms with Crippen LogP contribution in [0.25, 0.3) is 0 Å². The van der Waals surface area contributed by atoms with E-state index >= 15 is 0 Å². The molecule has 1 aliphatic heterocycles. The topological polar surface area (TPSA) is 49.6 Å². The first-order valence-electron chi connectivity index (χ1n) is 7.34. The van der Waals surface area contributed by atoms with Gasteiger partial charge in [0, 0.05) is 37.0 Å². The molecule has 0 N–H and O–H groups in total. The Kier molecular flexibility index (Phi) is 4.95. The van der Waals surface area contributed by atoms with Crippen LogP contribution in [0.4, 0.5) is 11.4 Å². The predicted molar refractivity (Wildman–Crippen MR) is 81.4 cm³/mol. The average molecular weight is 277 g/mol. The number of hydrogen-bond donors (Lipinski definition) is 0. The van der Waals surface area contributed by atoms with Gasteiger partial charge in [0.05, 0.1) is 4.92 Å². The molecule has 2 rings (SSSR count). The second-order valence-corrected chi connectivity index (χ2v) is 5.41. The van der Waals surface area contributed by atoms with Crippen LogP contribution in [0, 0.1) is 17.0 Å². The van der Waals surface area contributed by atoms with Crippen molar-refractivity contribution in [2.24, 2.45) is 0 Å². The van der Waals surface area contributed by atoms with Gasteiger partial charge in [0.2, 0.25) is 0 Å². The highest BCUT2D eigenvalue weighted by molar-refractivity contribution is 5.55. The smallest absolute Gasteiger partial charge is 0.272 e. The van der Waals surface area contributed by atoms with E-state index in [2.05, 4.69) is 16.7 Å². The lowest BCUT2D eigenvalue weighted by molar-refractivity contribution is -0.385. The van der Waals surface area contributed by atoms with Crippen LogP contribution in [-0.2, 0) is 0 Å². The van der Waals surface area contributed by atoms with Gasteiger partial charge < -0.3 is 9.80 Å². The average Bonchev–Trinajstić information content (AvgIpc) is 2.64. The van der Waals surface area contributed by atoms with Gasteiger partial charge in [-0.25, -0.2) is 0 Å². The van der Waals surface area contributed by atoms with E-state index in [9.17, 15) is 10.1 Å². The second kappa shape index (κ2) is 6.70. The largest absolute Gasteiger partial charge is 0.370 e. The van der Waals surface area contributed by atoms with Crippen molar-refractivity contribution in [3.63, 3.8) is 0 Å². The Balaban J connectivity index is 2.08. The van der Waals surface area contributed by atoms with Gasteiger partial charge in [0.1, 0.15) is 0 Å². The Morgan fingerprint density at radius 1 is 1.25 bits per heavy atom. The predicted octanol–water partition coefficient (Wildman–Crippen LogP) is 2.83. The molecule has 20 heavy (non-hydrogen) atoms. The lowest BCUT2D eigenvalue weighted by atomic mass is 10.1. The van der Waals surface area contributed by atoms with Gasteiger partial charge in [-0.15, -0.1) is 0 Å². The van der Waals surface area contributed by atoms with Crippen LogP contribution in [0.2, 0.25) is 0 Å². The molecular weight excluding hydrogens is 254 g/mol. The molecule has 0 unspecified atom stereocenters. The summed E-state index contributed by atoms with van der Waals surface area (Å²) in [5, 5.41) is 10.9. The molecule has 0 aliphatic carbocycles. The standard InChI is InChI=1S/C15H23N3O2/c1-3-7-16-8-4-9-17(11-10-16)14-5-6-15(18(19)20)13(2)12-14/h5-6,12H,3-4,7-11H2,1-2H3.